The smallest absolute Gasteiger partial charge is 0.0897 e. The van der Waals surface area contributed by atoms with Crippen molar-refractivity contribution in [1.82, 2.24) is 4.98 Å². The van der Waals surface area contributed by atoms with Crippen molar-refractivity contribution < 1.29 is 5.11 Å². The largest absolute Gasteiger partial charge is 0.393 e. The van der Waals surface area contributed by atoms with Gasteiger partial charge in [0.25, 0.3) is 0 Å². The fourth-order valence-electron chi connectivity index (χ4n) is 1.61. The molecule has 0 bridgehead atoms. The quantitative estimate of drug-likeness (QED) is 0.888. The maximum Gasteiger partial charge on any atom is 0.0897 e. The van der Waals surface area contributed by atoms with E-state index in [1.54, 1.807) is 22.7 Å². The maximum atomic E-state index is 9.88. The molecule has 0 fully saturated rings. The number of rotatable bonds is 5. The van der Waals surface area contributed by atoms with Crippen molar-refractivity contribution in [3.05, 3.63) is 38.5 Å². The van der Waals surface area contributed by atoms with Gasteiger partial charge in [0, 0.05) is 11.8 Å². The first-order valence-corrected chi connectivity index (χ1v) is 7.16. The van der Waals surface area contributed by atoms with Crippen molar-refractivity contribution in [3.8, 4) is 0 Å². The molecule has 0 amide bonds. The Labute approximate surface area is 104 Å². The second-order valence-corrected chi connectivity index (χ2v) is 5.73. The van der Waals surface area contributed by atoms with Gasteiger partial charge in [-0.15, -0.1) is 11.3 Å². The number of thiazole rings is 1. The van der Waals surface area contributed by atoms with E-state index in [1.807, 2.05) is 12.3 Å². The Kier molecular flexibility index (Phi) is 4.09. The van der Waals surface area contributed by atoms with Crippen molar-refractivity contribution in [1.29, 1.82) is 0 Å². The molecule has 1 unspecified atom stereocenters. The van der Waals surface area contributed by atoms with E-state index in [0.29, 0.717) is 6.42 Å². The highest BCUT2D eigenvalue weighted by Crippen LogP contribution is 2.14. The summed E-state index contributed by atoms with van der Waals surface area (Å²) in [6.45, 7) is 1.99. The van der Waals surface area contributed by atoms with Gasteiger partial charge in [-0.3, -0.25) is 0 Å². The lowest BCUT2D eigenvalue weighted by Gasteiger charge is -2.07. The Morgan fingerprint density at radius 2 is 2.31 bits per heavy atom. The van der Waals surface area contributed by atoms with Crippen molar-refractivity contribution in [2.75, 3.05) is 0 Å². The maximum absolute atomic E-state index is 9.88. The van der Waals surface area contributed by atoms with Crippen LogP contribution in [0.1, 0.15) is 22.7 Å². The van der Waals surface area contributed by atoms with Crippen LogP contribution in [-0.2, 0) is 12.8 Å². The molecular weight excluding hydrogens is 238 g/mol. The van der Waals surface area contributed by atoms with Gasteiger partial charge in [0.15, 0.2) is 0 Å². The molecule has 86 valence electrons. The van der Waals surface area contributed by atoms with E-state index in [4.69, 9.17) is 0 Å². The fourth-order valence-corrected chi connectivity index (χ4v) is 2.94. The first-order chi connectivity index (χ1) is 7.74. The summed E-state index contributed by atoms with van der Waals surface area (Å²) in [5, 5.41) is 17.2. The number of hydrogen-bond acceptors (Lipinski definition) is 4. The Morgan fingerprint density at radius 1 is 1.44 bits per heavy atom. The lowest BCUT2D eigenvalue weighted by Crippen LogP contribution is -2.11. The third-order valence-corrected chi connectivity index (χ3v) is 4.01. The van der Waals surface area contributed by atoms with Crippen LogP contribution < -0.4 is 0 Å². The monoisotopic (exact) mass is 253 g/mol. The average molecular weight is 253 g/mol. The van der Waals surface area contributed by atoms with Crippen LogP contribution in [0.2, 0.25) is 0 Å². The van der Waals surface area contributed by atoms with Crippen LogP contribution in [0.3, 0.4) is 0 Å². The first kappa shape index (κ1) is 11.8. The molecule has 0 saturated carbocycles. The summed E-state index contributed by atoms with van der Waals surface area (Å²) in [5.41, 5.74) is 2.33. The predicted molar refractivity (Wildman–Crippen MR) is 69.2 cm³/mol. The summed E-state index contributed by atoms with van der Waals surface area (Å²) in [6, 6.07) is 2.12. The molecule has 0 aliphatic rings. The predicted octanol–water partition coefficient (Wildman–Crippen LogP) is 3.05. The average Bonchev–Trinajstić information content (AvgIpc) is 2.87. The molecule has 0 radical (unpaired) electrons. The van der Waals surface area contributed by atoms with Crippen LogP contribution in [0.5, 0.6) is 0 Å². The summed E-state index contributed by atoms with van der Waals surface area (Å²) in [7, 11) is 0. The molecule has 1 atom stereocenters. The van der Waals surface area contributed by atoms with Crippen molar-refractivity contribution in [2.24, 2.45) is 0 Å². The molecule has 0 aliphatic carbocycles. The molecule has 2 heterocycles. The molecule has 0 aromatic carbocycles. The Balaban J connectivity index is 1.78. The number of hydrogen-bond donors (Lipinski definition) is 1. The van der Waals surface area contributed by atoms with Crippen molar-refractivity contribution >= 4 is 22.7 Å². The summed E-state index contributed by atoms with van der Waals surface area (Å²) in [5.74, 6) is 0. The van der Waals surface area contributed by atoms with Gasteiger partial charge in [-0.05, 0) is 42.2 Å². The number of aryl methyl sites for hydroxylation is 2. The molecule has 0 saturated heterocycles. The standard InChI is InChI=1S/C12H15NOS2/c1-9-13-11(8-16-9)6-12(14)3-2-10-4-5-15-7-10/h4-5,7-8,12,14H,2-3,6H2,1H3. The molecule has 2 aromatic rings. The van der Waals surface area contributed by atoms with E-state index in [2.05, 4.69) is 21.8 Å². The highest BCUT2D eigenvalue weighted by molar-refractivity contribution is 7.09. The minimum Gasteiger partial charge on any atom is -0.393 e. The van der Waals surface area contributed by atoms with E-state index in [0.717, 1.165) is 23.5 Å². The number of aliphatic hydroxyl groups excluding tert-OH is 1. The zero-order chi connectivity index (χ0) is 11.4. The molecule has 2 nitrogen and oxygen atoms in total. The molecule has 2 aromatic heterocycles. The van der Waals surface area contributed by atoms with Crippen LogP contribution in [0.15, 0.2) is 22.2 Å². The summed E-state index contributed by atoms with van der Waals surface area (Å²) >= 11 is 3.35. The van der Waals surface area contributed by atoms with Crippen LogP contribution >= 0.6 is 22.7 Å². The van der Waals surface area contributed by atoms with E-state index >= 15 is 0 Å². The molecule has 0 aliphatic heterocycles. The van der Waals surface area contributed by atoms with Crippen LogP contribution in [0.4, 0.5) is 0 Å². The second kappa shape index (κ2) is 5.57. The normalized spacial score (nSPS) is 12.9. The molecular formula is C12H15NOS2. The number of aliphatic hydroxyl groups is 1. The van der Waals surface area contributed by atoms with Gasteiger partial charge in [-0.1, -0.05) is 0 Å². The Bertz CT molecular complexity index is 422. The fraction of sp³-hybridized carbons (Fsp3) is 0.417. The lowest BCUT2D eigenvalue weighted by atomic mass is 10.1. The van der Waals surface area contributed by atoms with Crippen LogP contribution in [0.25, 0.3) is 0 Å². The van der Waals surface area contributed by atoms with Gasteiger partial charge < -0.3 is 5.11 Å². The molecule has 4 heteroatoms. The van der Waals surface area contributed by atoms with E-state index in [1.165, 1.54) is 5.56 Å². The van der Waals surface area contributed by atoms with E-state index in [9.17, 15) is 5.11 Å². The molecule has 2 rings (SSSR count). The van der Waals surface area contributed by atoms with E-state index in [-0.39, 0.29) is 6.10 Å². The van der Waals surface area contributed by atoms with Gasteiger partial charge in [0.1, 0.15) is 0 Å². The molecule has 0 spiro atoms. The second-order valence-electron chi connectivity index (χ2n) is 3.89. The van der Waals surface area contributed by atoms with Gasteiger partial charge >= 0.3 is 0 Å². The van der Waals surface area contributed by atoms with Gasteiger partial charge in [-0.25, -0.2) is 4.98 Å². The third kappa shape index (κ3) is 3.40. The third-order valence-electron chi connectivity index (χ3n) is 2.46. The van der Waals surface area contributed by atoms with Crippen LogP contribution in [0, 0.1) is 6.92 Å². The zero-order valence-electron chi connectivity index (χ0n) is 9.22. The number of thiophene rings is 1. The summed E-state index contributed by atoms with van der Waals surface area (Å²) in [4.78, 5) is 4.36. The minimum atomic E-state index is -0.276. The van der Waals surface area contributed by atoms with E-state index < -0.39 is 0 Å². The van der Waals surface area contributed by atoms with Gasteiger partial charge in [0.05, 0.1) is 16.8 Å². The van der Waals surface area contributed by atoms with Gasteiger partial charge in [0.2, 0.25) is 0 Å². The SMILES string of the molecule is Cc1nc(CC(O)CCc2ccsc2)cs1. The minimum absolute atomic E-state index is 0.276. The summed E-state index contributed by atoms with van der Waals surface area (Å²) in [6.07, 6.45) is 2.16. The van der Waals surface area contributed by atoms with Crippen LogP contribution in [-0.4, -0.2) is 16.2 Å². The zero-order valence-corrected chi connectivity index (χ0v) is 10.9. The summed E-state index contributed by atoms with van der Waals surface area (Å²) < 4.78 is 0. The van der Waals surface area contributed by atoms with Crippen molar-refractivity contribution in [3.63, 3.8) is 0 Å². The number of nitrogens with zero attached hydrogens (tertiary/aromatic N) is 1. The topological polar surface area (TPSA) is 33.1 Å². The van der Waals surface area contributed by atoms with Crippen molar-refractivity contribution in [2.45, 2.75) is 32.3 Å². The molecule has 1 N–H and O–H groups in total. The Hall–Kier alpha value is -0.710. The lowest BCUT2D eigenvalue weighted by molar-refractivity contribution is 0.164. The highest BCUT2D eigenvalue weighted by atomic mass is 32.1. The van der Waals surface area contributed by atoms with Gasteiger partial charge in [-0.2, -0.15) is 11.3 Å². The highest BCUT2D eigenvalue weighted by Gasteiger charge is 2.08. The Morgan fingerprint density at radius 3 is 2.94 bits per heavy atom. The number of aromatic nitrogens is 1. The molecule has 16 heavy (non-hydrogen) atoms. The first-order valence-electron chi connectivity index (χ1n) is 5.34.